The number of piperazine rings is 1. The first-order valence-electron chi connectivity index (χ1n) is 9.30. The summed E-state index contributed by atoms with van der Waals surface area (Å²) >= 11 is 0. The second-order valence-electron chi connectivity index (χ2n) is 7.29. The first-order chi connectivity index (χ1) is 13.3. The number of halogens is 1. The molecule has 0 spiro atoms. The topological polar surface area (TPSA) is 57.7 Å². The van der Waals surface area contributed by atoms with Gasteiger partial charge in [0.2, 0.25) is 5.91 Å². The van der Waals surface area contributed by atoms with E-state index in [0.717, 1.165) is 11.8 Å². The first kappa shape index (κ1) is 20.3. The molecule has 1 aliphatic rings. The molecule has 5 nitrogen and oxygen atoms in total. The van der Waals surface area contributed by atoms with Gasteiger partial charge in [-0.15, -0.1) is 0 Å². The molecule has 2 aromatic rings. The molecule has 150 valence electrons. The number of nitrogens with zero attached hydrogens (tertiary/aromatic N) is 2. The highest BCUT2D eigenvalue weighted by molar-refractivity contribution is 7.92. The van der Waals surface area contributed by atoms with E-state index < -0.39 is 15.1 Å². The minimum Gasteiger partial charge on any atom is -0.363 e. The number of benzene rings is 2. The molecule has 1 fully saturated rings. The molecule has 0 radical (unpaired) electrons. The molecule has 1 amide bonds. The molecule has 1 aliphatic heterocycles. The fraction of sp³-hybridized carbons (Fsp3) is 0.381. The smallest absolute Gasteiger partial charge is 0.241 e. The van der Waals surface area contributed by atoms with E-state index in [4.69, 9.17) is 0 Å². The Balaban J connectivity index is 1.75. The number of rotatable bonds is 5. The number of sulfone groups is 1. The molecular weight excluding hydrogens is 379 g/mol. The zero-order chi connectivity index (χ0) is 20.3. The normalized spacial score (nSPS) is 18.8. The summed E-state index contributed by atoms with van der Waals surface area (Å²) in [5.74, 6) is -0.682. The molecule has 7 heteroatoms. The van der Waals surface area contributed by atoms with Crippen LogP contribution in [0.3, 0.4) is 0 Å². The van der Waals surface area contributed by atoms with Crippen molar-refractivity contribution in [3.05, 3.63) is 66.0 Å². The van der Waals surface area contributed by atoms with Crippen molar-refractivity contribution < 1.29 is 17.6 Å². The van der Waals surface area contributed by atoms with Crippen LogP contribution in [0.5, 0.6) is 0 Å². The number of hydrogen-bond acceptors (Lipinski definition) is 4. The number of para-hydroxylation sites is 1. The summed E-state index contributed by atoms with van der Waals surface area (Å²) in [7, 11) is -3.57. The molecular formula is C21H25FN2O3S. The molecule has 0 aromatic heterocycles. The van der Waals surface area contributed by atoms with Crippen LogP contribution in [0.15, 0.2) is 54.6 Å². The van der Waals surface area contributed by atoms with Crippen molar-refractivity contribution in [2.24, 2.45) is 0 Å². The fourth-order valence-corrected chi connectivity index (χ4v) is 4.66. The van der Waals surface area contributed by atoms with Crippen LogP contribution >= 0.6 is 0 Å². The van der Waals surface area contributed by atoms with Crippen molar-refractivity contribution in [1.29, 1.82) is 0 Å². The standard InChI is InChI=1S/C21H25FN2O3S/c1-16-15-23(12-13-24(16)19-11-7-6-10-18(19)22)21(25)20(28(2,26)27)14-17-8-4-3-5-9-17/h3-11,16,20H,12-15H2,1-2H3. The van der Waals surface area contributed by atoms with Crippen molar-refractivity contribution >= 4 is 21.4 Å². The summed E-state index contributed by atoms with van der Waals surface area (Å²) in [6.07, 6.45) is 1.26. The van der Waals surface area contributed by atoms with E-state index in [1.165, 1.54) is 6.07 Å². The molecule has 2 aromatic carbocycles. The Bertz CT molecular complexity index is 934. The Morgan fingerprint density at radius 2 is 1.75 bits per heavy atom. The van der Waals surface area contributed by atoms with E-state index in [0.29, 0.717) is 25.3 Å². The maximum absolute atomic E-state index is 14.1. The number of hydrogen-bond donors (Lipinski definition) is 0. The predicted molar refractivity (Wildman–Crippen MR) is 109 cm³/mol. The van der Waals surface area contributed by atoms with Crippen LogP contribution in [0.4, 0.5) is 10.1 Å². The Hall–Kier alpha value is -2.41. The van der Waals surface area contributed by atoms with Crippen molar-refractivity contribution in [1.82, 2.24) is 4.90 Å². The molecule has 3 rings (SSSR count). The minimum absolute atomic E-state index is 0.119. The molecule has 28 heavy (non-hydrogen) atoms. The van der Waals surface area contributed by atoms with E-state index >= 15 is 0 Å². The van der Waals surface area contributed by atoms with Crippen molar-refractivity contribution in [2.45, 2.75) is 24.6 Å². The van der Waals surface area contributed by atoms with Crippen LogP contribution in [-0.2, 0) is 21.1 Å². The lowest BCUT2D eigenvalue weighted by Gasteiger charge is -2.42. The van der Waals surface area contributed by atoms with Gasteiger partial charge in [0.15, 0.2) is 9.84 Å². The molecule has 0 N–H and O–H groups in total. The Labute approximate surface area is 165 Å². The van der Waals surface area contributed by atoms with Crippen LogP contribution < -0.4 is 4.90 Å². The predicted octanol–water partition coefficient (Wildman–Crippen LogP) is 2.52. The van der Waals surface area contributed by atoms with Gasteiger partial charge in [0.1, 0.15) is 11.1 Å². The van der Waals surface area contributed by atoms with Gasteiger partial charge in [-0.25, -0.2) is 12.8 Å². The third kappa shape index (κ3) is 4.52. The first-order valence-corrected chi connectivity index (χ1v) is 11.3. The SMILES string of the molecule is CC1CN(C(=O)C(Cc2ccccc2)S(C)(=O)=O)CCN1c1ccccc1F. The molecule has 0 aliphatic carbocycles. The van der Waals surface area contributed by atoms with Gasteiger partial charge >= 0.3 is 0 Å². The van der Waals surface area contributed by atoms with Crippen LogP contribution in [-0.4, -0.2) is 56.4 Å². The Morgan fingerprint density at radius 3 is 2.36 bits per heavy atom. The maximum atomic E-state index is 14.1. The van der Waals surface area contributed by atoms with E-state index in [9.17, 15) is 17.6 Å². The second-order valence-corrected chi connectivity index (χ2v) is 9.51. The second kappa shape index (κ2) is 8.31. The van der Waals surface area contributed by atoms with Gasteiger partial charge in [-0.3, -0.25) is 4.79 Å². The lowest BCUT2D eigenvalue weighted by atomic mass is 10.1. The van der Waals surface area contributed by atoms with Crippen LogP contribution in [0.1, 0.15) is 12.5 Å². The monoisotopic (exact) mass is 404 g/mol. The van der Waals surface area contributed by atoms with Crippen LogP contribution in [0, 0.1) is 5.82 Å². The largest absolute Gasteiger partial charge is 0.363 e. The maximum Gasteiger partial charge on any atom is 0.241 e. The van der Waals surface area contributed by atoms with E-state index in [2.05, 4.69) is 0 Å². The summed E-state index contributed by atoms with van der Waals surface area (Å²) in [6.45, 7) is 3.08. The minimum atomic E-state index is -3.57. The highest BCUT2D eigenvalue weighted by Crippen LogP contribution is 2.24. The average molecular weight is 405 g/mol. The lowest BCUT2D eigenvalue weighted by Crippen LogP contribution is -2.57. The summed E-state index contributed by atoms with van der Waals surface area (Å²) in [6, 6.07) is 15.6. The molecule has 0 bridgehead atoms. The van der Waals surface area contributed by atoms with Gasteiger partial charge in [0.05, 0.1) is 5.69 Å². The fourth-order valence-electron chi connectivity index (χ4n) is 3.65. The van der Waals surface area contributed by atoms with Gasteiger partial charge in [-0.05, 0) is 31.0 Å². The van der Waals surface area contributed by atoms with Gasteiger partial charge in [-0.2, -0.15) is 0 Å². The average Bonchev–Trinajstić information content (AvgIpc) is 2.66. The van der Waals surface area contributed by atoms with E-state index in [1.807, 2.05) is 42.2 Å². The molecule has 1 saturated heterocycles. The van der Waals surface area contributed by atoms with Gasteiger partial charge in [0.25, 0.3) is 0 Å². The third-order valence-corrected chi connectivity index (χ3v) is 6.56. The molecule has 2 atom stereocenters. The van der Waals surface area contributed by atoms with Crippen molar-refractivity contribution in [3.63, 3.8) is 0 Å². The zero-order valence-corrected chi connectivity index (χ0v) is 16.9. The highest BCUT2D eigenvalue weighted by Gasteiger charge is 2.36. The Morgan fingerprint density at radius 1 is 1.11 bits per heavy atom. The Kier molecular flexibility index (Phi) is 6.03. The third-order valence-electron chi connectivity index (χ3n) is 5.16. The number of carbonyl (C=O) groups is 1. The number of carbonyl (C=O) groups excluding carboxylic acids is 1. The van der Waals surface area contributed by atoms with E-state index in [-0.39, 0.29) is 24.2 Å². The summed E-state index contributed by atoms with van der Waals surface area (Å²) in [5, 5.41) is -1.11. The quantitative estimate of drug-likeness (QED) is 0.768. The molecule has 1 heterocycles. The van der Waals surface area contributed by atoms with Gasteiger partial charge in [-0.1, -0.05) is 42.5 Å². The number of amides is 1. The zero-order valence-electron chi connectivity index (χ0n) is 16.1. The van der Waals surface area contributed by atoms with Crippen molar-refractivity contribution in [3.8, 4) is 0 Å². The molecule has 0 saturated carbocycles. The van der Waals surface area contributed by atoms with E-state index in [1.54, 1.807) is 23.1 Å². The van der Waals surface area contributed by atoms with Gasteiger partial charge < -0.3 is 9.80 Å². The lowest BCUT2D eigenvalue weighted by molar-refractivity contribution is -0.131. The van der Waals surface area contributed by atoms with Crippen LogP contribution in [0.25, 0.3) is 0 Å². The summed E-state index contributed by atoms with van der Waals surface area (Å²) < 4.78 is 38.8. The van der Waals surface area contributed by atoms with Gasteiger partial charge in [0, 0.05) is 31.9 Å². The van der Waals surface area contributed by atoms with Crippen LogP contribution in [0.2, 0.25) is 0 Å². The highest BCUT2D eigenvalue weighted by atomic mass is 32.2. The van der Waals surface area contributed by atoms with Crippen molar-refractivity contribution in [2.75, 3.05) is 30.8 Å². The summed E-state index contributed by atoms with van der Waals surface area (Å²) in [4.78, 5) is 16.6. The molecule has 2 unspecified atom stereocenters. The number of anilines is 1. The summed E-state index contributed by atoms with van der Waals surface area (Å²) in [5.41, 5.74) is 1.32.